The Balaban J connectivity index is 1.45. The number of rotatable bonds is 6. The molecule has 8 heteroatoms. The fourth-order valence-corrected chi connectivity index (χ4v) is 3.91. The molecule has 2 heterocycles. The van der Waals surface area contributed by atoms with E-state index < -0.39 is 5.69 Å². The van der Waals surface area contributed by atoms with Crippen LogP contribution in [0, 0.1) is 13.8 Å². The summed E-state index contributed by atoms with van der Waals surface area (Å²) in [5.74, 6) is -0.560. The number of nitrogens with zero attached hydrogens (tertiary/aromatic N) is 4. The molecule has 3 aromatic rings. The Morgan fingerprint density at radius 3 is 2.53 bits per heavy atom. The summed E-state index contributed by atoms with van der Waals surface area (Å²) in [5, 5.41) is 7.07. The van der Waals surface area contributed by atoms with E-state index in [0.29, 0.717) is 19.6 Å². The highest BCUT2D eigenvalue weighted by atomic mass is 16.2. The van der Waals surface area contributed by atoms with Gasteiger partial charge in [-0.25, -0.2) is 9.48 Å². The zero-order chi connectivity index (χ0) is 22.8. The molecule has 0 aliphatic carbocycles. The van der Waals surface area contributed by atoms with Gasteiger partial charge in [0.25, 0.3) is 5.91 Å². The number of fused-ring (bicyclic) bond motifs is 1. The number of nitrogens with one attached hydrogen (secondary N) is 1. The fraction of sp³-hybridized carbons (Fsp3) is 0.333. The van der Waals surface area contributed by atoms with E-state index in [0.717, 1.165) is 26.9 Å². The molecule has 8 nitrogen and oxygen atoms in total. The number of benzene rings is 2. The molecule has 4 rings (SSSR count). The van der Waals surface area contributed by atoms with Gasteiger partial charge in [-0.2, -0.15) is 0 Å². The van der Waals surface area contributed by atoms with Crippen molar-refractivity contribution in [2.24, 2.45) is 0 Å². The lowest BCUT2D eigenvalue weighted by Crippen LogP contribution is -2.42. The van der Waals surface area contributed by atoms with Gasteiger partial charge in [0.2, 0.25) is 11.7 Å². The Morgan fingerprint density at radius 2 is 1.81 bits per heavy atom. The Kier molecular flexibility index (Phi) is 5.94. The van der Waals surface area contributed by atoms with E-state index in [2.05, 4.69) is 10.4 Å². The molecule has 0 saturated carbocycles. The van der Waals surface area contributed by atoms with Crippen molar-refractivity contribution in [1.82, 2.24) is 24.6 Å². The van der Waals surface area contributed by atoms with Gasteiger partial charge in [0.15, 0.2) is 0 Å². The first-order chi connectivity index (χ1) is 15.3. The van der Waals surface area contributed by atoms with Crippen LogP contribution in [0.15, 0.2) is 53.3 Å². The van der Waals surface area contributed by atoms with Gasteiger partial charge in [-0.05, 0) is 31.9 Å². The molecule has 32 heavy (non-hydrogen) atoms. The molecule has 1 atom stereocenters. The predicted molar refractivity (Wildman–Crippen MR) is 120 cm³/mol. The van der Waals surface area contributed by atoms with Crippen molar-refractivity contribution in [2.45, 2.75) is 46.4 Å². The maximum absolute atomic E-state index is 12.9. The van der Waals surface area contributed by atoms with Crippen LogP contribution in [0.5, 0.6) is 0 Å². The van der Waals surface area contributed by atoms with Crippen LogP contribution < -0.4 is 11.0 Å². The molecule has 1 aliphatic heterocycles. The second-order valence-electron chi connectivity index (χ2n) is 8.33. The third-order valence-corrected chi connectivity index (χ3v) is 5.70. The second kappa shape index (κ2) is 8.82. The van der Waals surface area contributed by atoms with Crippen LogP contribution in [0.1, 0.15) is 45.8 Å². The van der Waals surface area contributed by atoms with Gasteiger partial charge in [-0.3, -0.25) is 14.2 Å². The highest BCUT2D eigenvalue weighted by molar-refractivity contribution is 5.91. The van der Waals surface area contributed by atoms with Crippen LogP contribution in [-0.4, -0.2) is 37.6 Å². The molecule has 1 N–H and O–H groups in total. The lowest BCUT2D eigenvalue weighted by Gasteiger charge is -2.26. The number of hydrogen-bond acceptors (Lipinski definition) is 4. The van der Waals surface area contributed by atoms with Gasteiger partial charge in [-0.1, -0.05) is 59.7 Å². The molecular weight excluding hydrogens is 406 g/mol. The molecule has 0 spiro atoms. The van der Waals surface area contributed by atoms with E-state index in [4.69, 9.17) is 0 Å². The highest BCUT2D eigenvalue weighted by Gasteiger charge is 2.30. The van der Waals surface area contributed by atoms with E-state index >= 15 is 0 Å². The molecule has 2 aromatic carbocycles. The van der Waals surface area contributed by atoms with Gasteiger partial charge in [0.05, 0.1) is 6.04 Å². The molecule has 0 radical (unpaired) electrons. The minimum absolute atomic E-state index is 0.0771. The van der Waals surface area contributed by atoms with Crippen LogP contribution >= 0.6 is 0 Å². The summed E-state index contributed by atoms with van der Waals surface area (Å²) >= 11 is 0. The van der Waals surface area contributed by atoms with Crippen LogP contribution in [0.2, 0.25) is 0 Å². The van der Waals surface area contributed by atoms with Crippen LogP contribution in [0.4, 0.5) is 0 Å². The van der Waals surface area contributed by atoms with Crippen molar-refractivity contribution in [3.63, 3.8) is 0 Å². The van der Waals surface area contributed by atoms with Crippen molar-refractivity contribution in [1.29, 1.82) is 0 Å². The fourth-order valence-electron chi connectivity index (χ4n) is 3.91. The molecule has 166 valence electrons. The number of carbonyl (C=O) groups is 2. The van der Waals surface area contributed by atoms with Crippen molar-refractivity contribution in [3.8, 4) is 0 Å². The minimum atomic E-state index is -0.443. The molecule has 1 aliphatic rings. The SMILES string of the molecule is Cc1ccc(C(C)NC(=O)Cn2nc3n(c2=O)CCN(Cc2cccc(C)c2)C3=O)cc1. The van der Waals surface area contributed by atoms with E-state index in [1.807, 2.05) is 69.3 Å². The van der Waals surface area contributed by atoms with E-state index in [-0.39, 0.29) is 30.2 Å². The van der Waals surface area contributed by atoms with Crippen LogP contribution in [-0.2, 0) is 24.4 Å². The van der Waals surface area contributed by atoms with E-state index in [1.165, 1.54) is 4.57 Å². The third-order valence-electron chi connectivity index (χ3n) is 5.70. The number of aryl methyl sites for hydroxylation is 2. The van der Waals surface area contributed by atoms with Gasteiger partial charge in [-0.15, -0.1) is 5.10 Å². The number of amides is 2. The molecule has 2 amide bonds. The summed E-state index contributed by atoms with van der Waals surface area (Å²) in [7, 11) is 0. The summed E-state index contributed by atoms with van der Waals surface area (Å²) in [6, 6.07) is 15.7. The van der Waals surface area contributed by atoms with E-state index in [9.17, 15) is 14.4 Å². The van der Waals surface area contributed by atoms with Crippen molar-refractivity contribution >= 4 is 11.8 Å². The van der Waals surface area contributed by atoms with Crippen molar-refractivity contribution in [3.05, 3.63) is 87.1 Å². The zero-order valence-electron chi connectivity index (χ0n) is 18.5. The molecular formula is C24H27N5O3. The Hall–Kier alpha value is -3.68. The standard InChI is InChI=1S/C24H27N5O3/c1-16-7-9-20(10-8-16)18(3)25-21(30)15-29-24(32)28-12-11-27(23(31)22(28)26-29)14-19-6-4-5-17(2)13-19/h4-10,13,18H,11-12,14-15H2,1-3H3,(H,25,30). The topological polar surface area (TPSA) is 89.2 Å². The van der Waals surface area contributed by atoms with Gasteiger partial charge < -0.3 is 10.2 Å². The smallest absolute Gasteiger partial charge is 0.346 e. The molecule has 0 fully saturated rings. The lowest BCUT2D eigenvalue weighted by molar-refractivity contribution is -0.122. The quantitative estimate of drug-likeness (QED) is 0.645. The number of hydrogen-bond donors (Lipinski definition) is 1. The Bertz CT molecular complexity index is 1210. The summed E-state index contributed by atoms with van der Waals surface area (Å²) in [5.41, 5.74) is 3.82. The second-order valence-corrected chi connectivity index (χ2v) is 8.33. The largest absolute Gasteiger partial charge is 0.348 e. The summed E-state index contributed by atoms with van der Waals surface area (Å²) in [6.45, 7) is 6.89. The molecule has 1 unspecified atom stereocenters. The minimum Gasteiger partial charge on any atom is -0.348 e. The van der Waals surface area contributed by atoms with Crippen molar-refractivity contribution < 1.29 is 9.59 Å². The molecule has 0 bridgehead atoms. The van der Waals surface area contributed by atoms with Gasteiger partial charge in [0.1, 0.15) is 6.54 Å². The Labute approximate surface area is 186 Å². The maximum Gasteiger partial charge on any atom is 0.346 e. The van der Waals surface area contributed by atoms with Gasteiger partial charge >= 0.3 is 5.69 Å². The first-order valence-corrected chi connectivity index (χ1v) is 10.7. The summed E-state index contributed by atoms with van der Waals surface area (Å²) in [6.07, 6.45) is 0. The highest BCUT2D eigenvalue weighted by Crippen LogP contribution is 2.15. The third kappa shape index (κ3) is 4.49. The average molecular weight is 434 g/mol. The zero-order valence-corrected chi connectivity index (χ0v) is 18.5. The molecule has 1 aromatic heterocycles. The molecule has 0 saturated heterocycles. The first kappa shape index (κ1) is 21.5. The van der Waals surface area contributed by atoms with Crippen LogP contribution in [0.25, 0.3) is 0 Å². The maximum atomic E-state index is 12.9. The Morgan fingerprint density at radius 1 is 1.06 bits per heavy atom. The number of carbonyl (C=O) groups excluding carboxylic acids is 2. The lowest BCUT2D eigenvalue weighted by atomic mass is 10.1. The van der Waals surface area contributed by atoms with Crippen molar-refractivity contribution in [2.75, 3.05) is 6.54 Å². The normalized spacial score (nSPS) is 14.2. The monoisotopic (exact) mass is 433 g/mol. The summed E-state index contributed by atoms with van der Waals surface area (Å²) < 4.78 is 2.42. The van der Waals surface area contributed by atoms with Gasteiger partial charge in [0, 0.05) is 19.6 Å². The predicted octanol–water partition coefficient (Wildman–Crippen LogP) is 2.20. The average Bonchev–Trinajstić information content (AvgIpc) is 3.06. The van der Waals surface area contributed by atoms with Crippen LogP contribution in [0.3, 0.4) is 0 Å². The van der Waals surface area contributed by atoms with E-state index in [1.54, 1.807) is 4.90 Å². The number of aromatic nitrogens is 3. The summed E-state index contributed by atoms with van der Waals surface area (Å²) in [4.78, 5) is 39.9. The first-order valence-electron chi connectivity index (χ1n) is 10.7.